The average Bonchev–Trinajstić information content (AvgIpc) is 2.37. The van der Waals surface area contributed by atoms with Crippen LogP contribution < -0.4 is 0 Å². The quantitative estimate of drug-likeness (QED) is 0.746. The van der Waals surface area contributed by atoms with Crippen molar-refractivity contribution in [2.24, 2.45) is 5.92 Å². The van der Waals surface area contributed by atoms with E-state index in [1.807, 2.05) is 26.8 Å². The van der Waals surface area contributed by atoms with Gasteiger partial charge in [0.2, 0.25) is 5.91 Å². The van der Waals surface area contributed by atoms with Gasteiger partial charge in [0.1, 0.15) is 12.1 Å². The van der Waals surface area contributed by atoms with Crippen LogP contribution in [-0.4, -0.2) is 54.1 Å². The summed E-state index contributed by atoms with van der Waals surface area (Å²) in [5.41, 5.74) is -0.482. The monoisotopic (exact) mass is 295 g/mol. The number of likely N-dealkylation sites (tertiary alicyclic amines) is 1. The first-order valence-electron chi connectivity index (χ1n) is 7.32. The van der Waals surface area contributed by atoms with E-state index in [4.69, 9.17) is 10.00 Å². The first-order valence-corrected chi connectivity index (χ1v) is 7.32. The first kappa shape index (κ1) is 17.3. The molecular formula is C15H25N3O3. The molecule has 1 aliphatic heterocycles. The Balaban J connectivity index is 2.37. The van der Waals surface area contributed by atoms with Gasteiger partial charge in [0.05, 0.1) is 6.07 Å². The fourth-order valence-electron chi connectivity index (χ4n) is 2.24. The van der Waals surface area contributed by atoms with Crippen molar-refractivity contribution in [3.63, 3.8) is 0 Å². The van der Waals surface area contributed by atoms with Gasteiger partial charge in [-0.05, 0) is 39.5 Å². The second-order valence-electron chi connectivity index (χ2n) is 6.52. The Morgan fingerprint density at radius 1 is 1.33 bits per heavy atom. The van der Waals surface area contributed by atoms with Crippen LogP contribution in [-0.2, 0) is 9.53 Å². The molecular weight excluding hydrogens is 270 g/mol. The molecule has 1 rings (SSSR count). The Kier molecular flexibility index (Phi) is 6.01. The van der Waals surface area contributed by atoms with Crippen molar-refractivity contribution in [1.29, 1.82) is 5.26 Å². The topological polar surface area (TPSA) is 73.6 Å². The number of hydrogen-bond acceptors (Lipinski definition) is 4. The smallest absolute Gasteiger partial charge is 0.410 e. The molecule has 0 aromatic rings. The molecule has 1 saturated heterocycles. The molecule has 21 heavy (non-hydrogen) atoms. The minimum Gasteiger partial charge on any atom is -0.444 e. The minimum absolute atomic E-state index is 0.00716. The summed E-state index contributed by atoms with van der Waals surface area (Å²) in [6, 6.07) is 1.96. The van der Waals surface area contributed by atoms with Crippen molar-refractivity contribution < 1.29 is 14.3 Å². The lowest BCUT2D eigenvalue weighted by atomic mass is 9.93. The zero-order chi connectivity index (χ0) is 16.0. The van der Waals surface area contributed by atoms with E-state index in [2.05, 4.69) is 0 Å². The summed E-state index contributed by atoms with van der Waals surface area (Å²) in [6.45, 7) is 6.91. The summed E-state index contributed by atoms with van der Waals surface area (Å²) < 4.78 is 5.34. The van der Waals surface area contributed by atoms with Gasteiger partial charge in [-0.2, -0.15) is 5.26 Å². The van der Waals surface area contributed by atoms with Crippen molar-refractivity contribution in [2.45, 2.75) is 45.6 Å². The molecule has 0 aromatic heterocycles. The fraction of sp³-hybridized carbons (Fsp3) is 0.800. The lowest BCUT2D eigenvalue weighted by molar-refractivity contribution is -0.130. The van der Waals surface area contributed by atoms with E-state index in [-0.39, 0.29) is 24.5 Å². The van der Waals surface area contributed by atoms with E-state index in [0.29, 0.717) is 19.5 Å². The highest BCUT2D eigenvalue weighted by atomic mass is 16.6. The Morgan fingerprint density at radius 2 is 1.90 bits per heavy atom. The largest absolute Gasteiger partial charge is 0.444 e. The highest BCUT2D eigenvalue weighted by Gasteiger charge is 2.28. The van der Waals surface area contributed by atoms with Gasteiger partial charge in [0, 0.05) is 26.6 Å². The molecule has 0 bridgehead atoms. The first-order chi connectivity index (χ1) is 9.73. The fourth-order valence-corrected chi connectivity index (χ4v) is 2.24. The predicted octanol–water partition coefficient (Wildman–Crippen LogP) is 2.01. The molecule has 0 atom stereocenters. The minimum atomic E-state index is -0.482. The molecule has 0 saturated carbocycles. The molecule has 1 heterocycles. The van der Waals surface area contributed by atoms with Crippen molar-refractivity contribution in [3.8, 4) is 6.07 Å². The SMILES string of the molecule is CN(CC#N)C(=O)CC1CCN(C(=O)OC(C)(C)C)CC1. The van der Waals surface area contributed by atoms with Crippen molar-refractivity contribution in [1.82, 2.24) is 9.80 Å². The molecule has 0 spiro atoms. The van der Waals surface area contributed by atoms with E-state index in [0.717, 1.165) is 12.8 Å². The molecule has 0 aromatic carbocycles. The second-order valence-corrected chi connectivity index (χ2v) is 6.52. The Morgan fingerprint density at radius 3 is 2.38 bits per heavy atom. The summed E-state index contributed by atoms with van der Waals surface area (Å²) >= 11 is 0. The summed E-state index contributed by atoms with van der Waals surface area (Å²) in [5.74, 6) is 0.268. The number of carbonyl (C=O) groups is 2. The van der Waals surface area contributed by atoms with Crippen molar-refractivity contribution >= 4 is 12.0 Å². The molecule has 1 fully saturated rings. The van der Waals surface area contributed by atoms with Gasteiger partial charge in [-0.3, -0.25) is 4.79 Å². The summed E-state index contributed by atoms with van der Waals surface area (Å²) in [5, 5.41) is 8.58. The Hall–Kier alpha value is -1.77. The standard InChI is InChI=1S/C15H25N3O3/c1-15(2,3)21-14(20)18-8-5-12(6-9-18)11-13(19)17(4)10-7-16/h12H,5-6,8-11H2,1-4H3. The van der Waals surface area contributed by atoms with Crippen LogP contribution in [0.4, 0.5) is 4.79 Å². The van der Waals surface area contributed by atoms with Crippen LogP contribution >= 0.6 is 0 Å². The van der Waals surface area contributed by atoms with E-state index in [1.165, 1.54) is 4.90 Å². The van der Waals surface area contributed by atoms with Crippen molar-refractivity contribution in [2.75, 3.05) is 26.7 Å². The van der Waals surface area contributed by atoms with Gasteiger partial charge in [0.25, 0.3) is 0 Å². The van der Waals surface area contributed by atoms with Gasteiger partial charge in [0.15, 0.2) is 0 Å². The van der Waals surface area contributed by atoms with E-state index >= 15 is 0 Å². The number of nitriles is 1. The maximum atomic E-state index is 11.9. The molecule has 0 aliphatic carbocycles. The Labute approximate surface area is 126 Å². The predicted molar refractivity (Wildman–Crippen MR) is 78.4 cm³/mol. The van der Waals surface area contributed by atoms with E-state index in [9.17, 15) is 9.59 Å². The third-order valence-electron chi connectivity index (χ3n) is 3.46. The normalized spacial score (nSPS) is 16.2. The van der Waals surface area contributed by atoms with Gasteiger partial charge in [-0.15, -0.1) is 0 Å². The van der Waals surface area contributed by atoms with E-state index < -0.39 is 5.60 Å². The second kappa shape index (κ2) is 7.30. The van der Waals surface area contributed by atoms with Crippen LogP contribution in [0.15, 0.2) is 0 Å². The van der Waals surface area contributed by atoms with Crippen LogP contribution in [0.25, 0.3) is 0 Å². The van der Waals surface area contributed by atoms with Crippen LogP contribution in [0.5, 0.6) is 0 Å². The van der Waals surface area contributed by atoms with Crippen LogP contribution in [0.2, 0.25) is 0 Å². The van der Waals surface area contributed by atoms with Gasteiger partial charge < -0.3 is 14.5 Å². The van der Waals surface area contributed by atoms with E-state index in [1.54, 1.807) is 11.9 Å². The number of piperidine rings is 1. The number of ether oxygens (including phenoxy) is 1. The molecule has 6 nitrogen and oxygen atoms in total. The van der Waals surface area contributed by atoms with Gasteiger partial charge in [-0.25, -0.2) is 4.79 Å². The number of carbonyl (C=O) groups excluding carboxylic acids is 2. The molecule has 118 valence electrons. The number of rotatable bonds is 3. The lowest BCUT2D eigenvalue weighted by Gasteiger charge is -2.33. The summed E-state index contributed by atoms with van der Waals surface area (Å²) in [4.78, 5) is 26.9. The maximum absolute atomic E-state index is 11.9. The Bertz CT molecular complexity index is 415. The molecule has 2 amide bonds. The van der Waals surface area contributed by atoms with Gasteiger partial charge in [-0.1, -0.05) is 0 Å². The highest BCUT2D eigenvalue weighted by Crippen LogP contribution is 2.22. The third kappa shape index (κ3) is 6.03. The number of amides is 2. The molecule has 1 aliphatic rings. The molecule has 0 radical (unpaired) electrons. The third-order valence-corrected chi connectivity index (χ3v) is 3.46. The average molecular weight is 295 g/mol. The van der Waals surface area contributed by atoms with Crippen LogP contribution in [0.3, 0.4) is 0 Å². The molecule has 0 unspecified atom stereocenters. The molecule has 0 N–H and O–H groups in total. The number of hydrogen-bond donors (Lipinski definition) is 0. The summed E-state index contributed by atoms with van der Waals surface area (Å²) in [6.07, 6.45) is 1.76. The highest BCUT2D eigenvalue weighted by molar-refractivity contribution is 5.76. The number of nitrogens with zero attached hydrogens (tertiary/aromatic N) is 3. The van der Waals surface area contributed by atoms with Crippen LogP contribution in [0.1, 0.15) is 40.0 Å². The zero-order valence-electron chi connectivity index (χ0n) is 13.4. The summed E-state index contributed by atoms with van der Waals surface area (Å²) in [7, 11) is 1.64. The van der Waals surface area contributed by atoms with Crippen molar-refractivity contribution in [3.05, 3.63) is 0 Å². The molecule has 6 heteroatoms. The van der Waals surface area contributed by atoms with Gasteiger partial charge >= 0.3 is 6.09 Å². The zero-order valence-corrected chi connectivity index (χ0v) is 13.4. The lowest BCUT2D eigenvalue weighted by Crippen LogP contribution is -2.42. The van der Waals surface area contributed by atoms with Crippen LogP contribution in [0, 0.1) is 17.2 Å². The maximum Gasteiger partial charge on any atom is 0.410 e.